The standard InChI is InChI=1S/C60H106O6/c1-4-7-10-13-16-19-22-25-28-30-33-35-38-41-44-47-50-53-59(62)65-56-57(55-64-58(61)52-49-46-43-40-37-34-31-27-24-21-18-15-12-9-6-3)66-60(63)54-51-48-45-42-39-36-32-29-26-23-20-17-14-11-8-5-2/h21,24-25,28-29,32-33,35,41,44,57H,4-20,22-23,26-27,30-31,34,36-40,42-43,45-56H2,1-3H3/b24-21-,28-25-,32-29-,35-33-,44-41-. The molecule has 0 aromatic heterocycles. The summed E-state index contributed by atoms with van der Waals surface area (Å²) in [6, 6.07) is 0. The molecule has 0 amide bonds. The van der Waals surface area contributed by atoms with Crippen LogP contribution in [-0.4, -0.2) is 37.2 Å². The van der Waals surface area contributed by atoms with Crippen molar-refractivity contribution in [1.82, 2.24) is 0 Å². The van der Waals surface area contributed by atoms with Gasteiger partial charge < -0.3 is 14.2 Å². The van der Waals surface area contributed by atoms with Crippen LogP contribution in [0.5, 0.6) is 0 Å². The summed E-state index contributed by atoms with van der Waals surface area (Å²) >= 11 is 0. The number of carbonyl (C=O) groups is 3. The molecule has 0 saturated heterocycles. The van der Waals surface area contributed by atoms with Crippen molar-refractivity contribution in [1.29, 1.82) is 0 Å². The van der Waals surface area contributed by atoms with Crippen LogP contribution in [-0.2, 0) is 28.6 Å². The third-order valence-corrected chi connectivity index (χ3v) is 12.2. The summed E-state index contributed by atoms with van der Waals surface area (Å²) in [6.45, 7) is 6.58. The average Bonchev–Trinajstić information content (AvgIpc) is 3.31. The molecule has 0 aromatic rings. The molecule has 0 aliphatic heterocycles. The van der Waals surface area contributed by atoms with E-state index < -0.39 is 6.10 Å². The Bertz CT molecular complexity index is 1200. The van der Waals surface area contributed by atoms with E-state index in [1.807, 2.05) is 0 Å². The van der Waals surface area contributed by atoms with Gasteiger partial charge in [0.1, 0.15) is 13.2 Å². The molecule has 0 fully saturated rings. The molecular weight excluding hydrogens is 817 g/mol. The lowest BCUT2D eigenvalue weighted by molar-refractivity contribution is -0.167. The van der Waals surface area contributed by atoms with Crippen molar-refractivity contribution in [2.24, 2.45) is 0 Å². The van der Waals surface area contributed by atoms with Gasteiger partial charge in [0, 0.05) is 19.3 Å². The van der Waals surface area contributed by atoms with E-state index in [1.165, 1.54) is 167 Å². The van der Waals surface area contributed by atoms with Crippen molar-refractivity contribution in [2.75, 3.05) is 13.2 Å². The lowest BCUT2D eigenvalue weighted by Gasteiger charge is -2.18. The first kappa shape index (κ1) is 63.1. The summed E-state index contributed by atoms with van der Waals surface area (Å²) in [4.78, 5) is 38.1. The number of hydrogen-bond donors (Lipinski definition) is 0. The van der Waals surface area contributed by atoms with Crippen molar-refractivity contribution in [2.45, 2.75) is 290 Å². The molecule has 0 aliphatic carbocycles. The normalized spacial score (nSPS) is 12.5. The first-order valence-corrected chi connectivity index (χ1v) is 28.3. The van der Waals surface area contributed by atoms with Crippen LogP contribution in [0.3, 0.4) is 0 Å². The molecule has 0 saturated carbocycles. The van der Waals surface area contributed by atoms with Gasteiger partial charge in [0.25, 0.3) is 0 Å². The van der Waals surface area contributed by atoms with Gasteiger partial charge in [0.15, 0.2) is 6.10 Å². The lowest BCUT2D eigenvalue weighted by Crippen LogP contribution is -2.30. The maximum Gasteiger partial charge on any atom is 0.306 e. The van der Waals surface area contributed by atoms with Crippen LogP contribution >= 0.6 is 0 Å². The first-order valence-electron chi connectivity index (χ1n) is 28.3. The molecule has 0 radical (unpaired) electrons. The Kier molecular flexibility index (Phi) is 52.3. The first-order chi connectivity index (χ1) is 32.5. The van der Waals surface area contributed by atoms with Gasteiger partial charge in [-0.25, -0.2) is 0 Å². The molecule has 0 aliphatic rings. The van der Waals surface area contributed by atoms with Crippen LogP contribution in [0.2, 0.25) is 0 Å². The third-order valence-electron chi connectivity index (χ3n) is 12.2. The summed E-state index contributed by atoms with van der Waals surface area (Å²) in [5.41, 5.74) is 0. The van der Waals surface area contributed by atoms with E-state index in [0.717, 1.165) is 70.6 Å². The Morgan fingerprint density at radius 2 is 0.561 bits per heavy atom. The number of ether oxygens (including phenoxy) is 3. The van der Waals surface area contributed by atoms with Crippen molar-refractivity contribution in [3.63, 3.8) is 0 Å². The summed E-state index contributed by atoms with van der Waals surface area (Å²) in [7, 11) is 0. The van der Waals surface area contributed by atoms with Crippen LogP contribution < -0.4 is 0 Å². The van der Waals surface area contributed by atoms with Crippen molar-refractivity contribution in [3.8, 4) is 0 Å². The smallest absolute Gasteiger partial charge is 0.306 e. The Hall–Kier alpha value is -2.89. The van der Waals surface area contributed by atoms with Gasteiger partial charge in [0.05, 0.1) is 0 Å². The largest absolute Gasteiger partial charge is 0.462 e. The zero-order valence-electron chi connectivity index (χ0n) is 43.7. The van der Waals surface area contributed by atoms with Gasteiger partial charge in [-0.2, -0.15) is 0 Å². The fraction of sp³-hybridized carbons (Fsp3) is 0.783. The van der Waals surface area contributed by atoms with Crippen molar-refractivity contribution in [3.05, 3.63) is 60.8 Å². The van der Waals surface area contributed by atoms with Crippen LogP contribution in [0.4, 0.5) is 0 Å². The van der Waals surface area contributed by atoms with Gasteiger partial charge >= 0.3 is 17.9 Å². The van der Waals surface area contributed by atoms with E-state index >= 15 is 0 Å². The van der Waals surface area contributed by atoms with Gasteiger partial charge in [-0.05, 0) is 103 Å². The molecule has 66 heavy (non-hydrogen) atoms. The molecular formula is C60H106O6. The second-order valence-corrected chi connectivity index (χ2v) is 18.8. The molecule has 1 unspecified atom stereocenters. The Morgan fingerprint density at radius 1 is 0.303 bits per heavy atom. The van der Waals surface area contributed by atoms with Crippen molar-refractivity contribution >= 4 is 17.9 Å². The highest BCUT2D eigenvalue weighted by molar-refractivity contribution is 5.71. The summed E-state index contributed by atoms with van der Waals surface area (Å²) in [5, 5.41) is 0. The number of rotatable bonds is 51. The zero-order valence-corrected chi connectivity index (χ0v) is 43.7. The monoisotopic (exact) mass is 923 g/mol. The number of allylic oxidation sites excluding steroid dienone is 10. The molecule has 1 atom stereocenters. The van der Waals surface area contributed by atoms with E-state index in [9.17, 15) is 14.4 Å². The minimum Gasteiger partial charge on any atom is -0.462 e. The van der Waals surface area contributed by atoms with Gasteiger partial charge in [-0.1, -0.05) is 223 Å². The minimum absolute atomic E-state index is 0.0946. The molecule has 0 aromatic carbocycles. The molecule has 6 nitrogen and oxygen atoms in total. The van der Waals surface area contributed by atoms with E-state index in [-0.39, 0.29) is 37.5 Å². The van der Waals surface area contributed by atoms with Crippen LogP contribution in [0, 0.1) is 0 Å². The molecule has 0 spiro atoms. The predicted molar refractivity (Wildman–Crippen MR) is 284 cm³/mol. The SMILES string of the molecule is CCCCCC/C=C\CCCCCCCCCC(=O)OCC(COC(=O)CCC/C=C\C/C=C\C/C=C\CCCCCCCC)OC(=O)CCCCCCC/C=C\CCCCCCCCC. The Labute approximate surface area is 409 Å². The zero-order chi connectivity index (χ0) is 47.9. The fourth-order valence-corrected chi connectivity index (χ4v) is 7.92. The summed E-state index contributed by atoms with van der Waals surface area (Å²) < 4.78 is 16.8. The maximum atomic E-state index is 12.8. The Morgan fingerprint density at radius 3 is 0.939 bits per heavy atom. The molecule has 0 bridgehead atoms. The van der Waals surface area contributed by atoms with Crippen LogP contribution in [0.15, 0.2) is 60.8 Å². The Balaban J connectivity index is 4.46. The van der Waals surface area contributed by atoms with E-state index in [2.05, 4.69) is 81.5 Å². The maximum absolute atomic E-state index is 12.8. The van der Waals surface area contributed by atoms with Crippen molar-refractivity contribution < 1.29 is 28.6 Å². The topological polar surface area (TPSA) is 78.9 Å². The van der Waals surface area contributed by atoms with Gasteiger partial charge in [-0.3, -0.25) is 14.4 Å². The lowest BCUT2D eigenvalue weighted by atomic mass is 10.1. The number of unbranched alkanes of at least 4 members (excludes halogenated alkanes) is 30. The molecule has 382 valence electrons. The number of carbonyl (C=O) groups excluding carboxylic acids is 3. The predicted octanol–water partition coefficient (Wildman–Crippen LogP) is 18.8. The molecule has 0 N–H and O–H groups in total. The van der Waals surface area contributed by atoms with E-state index in [0.29, 0.717) is 19.3 Å². The second kappa shape index (κ2) is 54.7. The molecule has 0 heterocycles. The highest BCUT2D eigenvalue weighted by Gasteiger charge is 2.19. The highest BCUT2D eigenvalue weighted by Crippen LogP contribution is 2.14. The van der Waals surface area contributed by atoms with Gasteiger partial charge in [0.2, 0.25) is 0 Å². The summed E-state index contributed by atoms with van der Waals surface area (Å²) in [5.74, 6) is -0.953. The minimum atomic E-state index is -0.800. The number of esters is 3. The van der Waals surface area contributed by atoms with E-state index in [4.69, 9.17) is 14.2 Å². The third kappa shape index (κ3) is 52.1. The average molecular weight is 924 g/mol. The van der Waals surface area contributed by atoms with Gasteiger partial charge in [-0.15, -0.1) is 0 Å². The van der Waals surface area contributed by atoms with E-state index in [1.54, 1.807) is 0 Å². The van der Waals surface area contributed by atoms with Crippen LogP contribution in [0.1, 0.15) is 284 Å². The number of hydrogen-bond acceptors (Lipinski definition) is 6. The van der Waals surface area contributed by atoms with Crippen LogP contribution in [0.25, 0.3) is 0 Å². The highest BCUT2D eigenvalue weighted by atomic mass is 16.6. The second-order valence-electron chi connectivity index (χ2n) is 18.8. The fourth-order valence-electron chi connectivity index (χ4n) is 7.92. The molecule has 0 rings (SSSR count). The summed E-state index contributed by atoms with van der Waals surface area (Å²) in [6.07, 6.45) is 67.8. The molecule has 6 heteroatoms. The quantitative estimate of drug-likeness (QED) is 0.0262.